The molecule has 1 heterocycles. The smallest absolute Gasteiger partial charge is 0.309 e. The minimum absolute atomic E-state index is 0.138. The van der Waals surface area contributed by atoms with Gasteiger partial charge in [-0.25, -0.2) is 0 Å². The Morgan fingerprint density at radius 3 is 1.32 bits per heavy atom. The zero-order valence-electron chi connectivity index (χ0n) is 14.9. The molecule has 5 heteroatoms. The van der Waals surface area contributed by atoms with Crippen LogP contribution in [0.1, 0.15) is 66.2 Å². The third-order valence-electron chi connectivity index (χ3n) is 3.76. The van der Waals surface area contributed by atoms with Crippen LogP contribution in [0.4, 0.5) is 0 Å². The number of quaternary nitrogens is 1. The summed E-state index contributed by atoms with van der Waals surface area (Å²) in [5.74, 6) is -0.748. The molecule has 130 valence electrons. The number of rotatable bonds is 8. The van der Waals surface area contributed by atoms with E-state index in [9.17, 15) is 9.59 Å². The summed E-state index contributed by atoms with van der Waals surface area (Å²) in [5.41, 5.74) is 0. The number of nitrogens with zero attached hydrogens (tertiary/aromatic N) is 1. The van der Waals surface area contributed by atoms with Gasteiger partial charge in [0.1, 0.15) is 0 Å². The van der Waals surface area contributed by atoms with Gasteiger partial charge < -0.3 is 14.0 Å². The van der Waals surface area contributed by atoms with E-state index in [2.05, 4.69) is 37.2 Å². The fourth-order valence-electron chi connectivity index (χ4n) is 3.08. The van der Waals surface area contributed by atoms with Crippen molar-refractivity contribution in [2.75, 3.05) is 33.0 Å². The van der Waals surface area contributed by atoms with E-state index < -0.39 is 0 Å². The number of ether oxygens (including phenoxy) is 2. The number of cyclic esters (lactones) is 2. The van der Waals surface area contributed by atoms with Crippen molar-refractivity contribution in [3.8, 4) is 0 Å². The van der Waals surface area contributed by atoms with Gasteiger partial charge in [-0.1, -0.05) is 27.7 Å². The van der Waals surface area contributed by atoms with Crippen LogP contribution in [0, 0.1) is 0 Å². The summed E-state index contributed by atoms with van der Waals surface area (Å²) in [7, 11) is 0. The van der Waals surface area contributed by atoms with E-state index in [0.29, 0.717) is 0 Å². The standard InChI is InChI=1S/C12H28N.C5H6O4/c1-5-9-13(10-6-2,11-7-3)12-8-4;6-4-1-2-5(7)9-3-8-4/h5-12H2,1-4H3;1-3H2/q+1;. The molecule has 1 rings (SSSR count). The number of hydrogen-bond acceptors (Lipinski definition) is 4. The van der Waals surface area contributed by atoms with Gasteiger partial charge in [0, 0.05) is 0 Å². The van der Waals surface area contributed by atoms with Crippen molar-refractivity contribution in [3.05, 3.63) is 0 Å². The van der Waals surface area contributed by atoms with E-state index in [1.165, 1.54) is 56.3 Å². The van der Waals surface area contributed by atoms with Crippen LogP contribution in [0.25, 0.3) is 0 Å². The van der Waals surface area contributed by atoms with Crippen LogP contribution in [-0.4, -0.2) is 49.4 Å². The second kappa shape index (κ2) is 12.4. The highest BCUT2D eigenvalue weighted by Crippen LogP contribution is 2.12. The monoisotopic (exact) mass is 316 g/mol. The second-order valence-corrected chi connectivity index (χ2v) is 5.89. The Bertz CT molecular complexity index is 272. The molecule has 0 unspecified atom stereocenters. The van der Waals surface area contributed by atoms with Crippen molar-refractivity contribution >= 4 is 11.9 Å². The summed E-state index contributed by atoms with van der Waals surface area (Å²) in [5, 5.41) is 0. The van der Waals surface area contributed by atoms with E-state index in [0.717, 1.165) is 0 Å². The van der Waals surface area contributed by atoms with E-state index in [1.54, 1.807) is 0 Å². The Balaban J connectivity index is 0.000000425. The SMILES string of the molecule is CCC[N+](CCC)(CCC)CCC.O=C1CCC(=O)OCO1. The Hall–Kier alpha value is -1.10. The third kappa shape index (κ3) is 9.03. The molecule has 0 aromatic rings. The fourth-order valence-corrected chi connectivity index (χ4v) is 3.08. The Morgan fingerprint density at radius 2 is 1.05 bits per heavy atom. The molecule has 1 fully saturated rings. The van der Waals surface area contributed by atoms with Crippen LogP contribution in [0.15, 0.2) is 0 Å². The maximum atomic E-state index is 10.4. The van der Waals surface area contributed by atoms with Crippen LogP contribution >= 0.6 is 0 Å². The Morgan fingerprint density at radius 1 is 0.727 bits per heavy atom. The average Bonchev–Trinajstić information content (AvgIpc) is 2.65. The molecular weight excluding hydrogens is 282 g/mol. The summed E-state index contributed by atoms with van der Waals surface area (Å²) in [4.78, 5) is 20.7. The van der Waals surface area contributed by atoms with Gasteiger partial charge in [-0.15, -0.1) is 0 Å². The van der Waals surface area contributed by atoms with Crippen LogP contribution in [0.2, 0.25) is 0 Å². The summed E-state index contributed by atoms with van der Waals surface area (Å²) in [6.07, 6.45) is 5.61. The molecule has 0 saturated carbocycles. The van der Waals surface area contributed by atoms with Gasteiger partial charge >= 0.3 is 11.9 Å². The maximum Gasteiger partial charge on any atom is 0.309 e. The number of carbonyl (C=O) groups is 2. The number of carbonyl (C=O) groups excluding carboxylic acids is 2. The van der Waals surface area contributed by atoms with Gasteiger partial charge in [0.15, 0.2) is 0 Å². The van der Waals surface area contributed by atoms with E-state index >= 15 is 0 Å². The van der Waals surface area contributed by atoms with Crippen molar-refractivity contribution in [2.24, 2.45) is 0 Å². The summed E-state index contributed by atoms with van der Waals surface area (Å²) < 4.78 is 10.2. The first-order valence-corrected chi connectivity index (χ1v) is 8.69. The largest absolute Gasteiger partial charge is 0.428 e. The van der Waals surface area contributed by atoms with Crippen LogP contribution in [0.3, 0.4) is 0 Å². The second-order valence-electron chi connectivity index (χ2n) is 5.89. The van der Waals surface area contributed by atoms with E-state index in [1.807, 2.05) is 0 Å². The van der Waals surface area contributed by atoms with Crippen LogP contribution in [0.5, 0.6) is 0 Å². The molecular formula is C17H34NO4+. The lowest BCUT2D eigenvalue weighted by atomic mass is 10.2. The van der Waals surface area contributed by atoms with Gasteiger partial charge in [-0.2, -0.15) is 0 Å². The first kappa shape index (κ1) is 20.9. The molecule has 1 aliphatic heterocycles. The van der Waals surface area contributed by atoms with E-state index in [-0.39, 0.29) is 31.6 Å². The molecule has 0 atom stereocenters. The lowest BCUT2D eigenvalue weighted by molar-refractivity contribution is -0.928. The summed E-state index contributed by atoms with van der Waals surface area (Å²) in [6.45, 7) is 14.6. The number of esters is 2. The minimum atomic E-state index is -0.374. The zero-order valence-corrected chi connectivity index (χ0v) is 14.9. The molecule has 0 amide bonds. The predicted molar refractivity (Wildman–Crippen MR) is 87.2 cm³/mol. The highest BCUT2D eigenvalue weighted by Gasteiger charge is 2.22. The maximum absolute atomic E-state index is 10.4. The van der Waals surface area contributed by atoms with Crippen LogP contribution < -0.4 is 0 Å². The van der Waals surface area contributed by atoms with Crippen molar-refractivity contribution in [1.82, 2.24) is 0 Å². The quantitative estimate of drug-likeness (QED) is 0.509. The average molecular weight is 316 g/mol. The molecule has 0 aromatic carbocycles. The highest BCUT2D eigenvalue weighted by atomic mass is 16.7. The molecule has 0 radical (unpaired) electrons. The van der Waals surface area contributed by atoms with Gasteiger partial charge in [-0.3, -0.25) is 9.59 Å². The van der Waals surface area contributed by atoms with Gasteiger partial charge in [-0.05, 0) is 25.7 Å². The van der Waals surface area contributed by atoms with Gasteiger partial charge in [0.2, 0.25) is 6.79 Å². The van der Waals surface area contributed by atoms with Gasteiger partial charge in [0.25, 0.3) is 0 Å². The molecule has 5 nitrogen and oxygen atoms in total. The number of hydrogen-bond donors (Lipinski definition) is 0. The first-order valence-electron chi connectivity index (χ1n) is 8.69. The highest BCUT2D eigenvalue weighted by molar-refractivity contribution is 5.78. The molecule has 1 aliphatic rings. The van der Waals surface area contributed by atoms with Crippen molar-refractivity contribution in [3.63, 3.8) is 0 Å². The lowest BCUT2D eigenvalue weighted by Gasteiger charge is -2.38. The van der Waals surface area contributed by atoms with Gasteiger partial charge in [0.05, 0.1) is 39.0 Å². The topological polar surface area (TPSA) is 52.6 Å². The normalized spacial score (nSPS) is 15.3. The lowest BCUT2D eigenvalue weighted by Crippen LogP contribution is -2.50. The molecule has 0 N–H and O–H groups in total. The van der Waals surface area contributed by atoms with E-state index in [4.69, 9.17) is 0 Å². The van der Waals surface area contributed by atoms with Crippen molar-refractivity contribution in [2.45, 2.75) is 66.2 Å². The molecule has 0 bridgehead atoms. The molecule has 0 aliphatic carbocycles. The molecule has 0 aromatic heterocycles. The first-order chi connectivity index (χ1) is 10.5. The third-order valence-corrected chi connectivity index (χ3v) is 3.76. The Labute approximate surface area is 135 Å². The zero-order chi connectivity index (χ0) is 16.8. The predicted octanol–water partition coefficient (Wildman–Crippen LogP) is 3.27. The molecule has 22 heavy (non-hydrogen) atoms. The summed E-state index contributed by atoms with van der Waals surface area (Å²) >= 11 is 0. The van der Waals surface area contributed by atoms with Crippen molar-refractivity contribution in [1.29, 1.82) is 0 Å². The molecule has 1 saturated heterocycles. The minimum Gasteiger partial charge on any atom is -0.428 e. The fraction of sp³-hybridized carbons (Fsp3) is 0.882. The molecule has 0 spiro atoms. The Kier molecular flexibility index (Phi) is 11.8. The summed E-state index contributed by atoms with van der Waals surface area (Å²) in [6, 6.07) is 0. The van der Waals surface area contributed by atoms with Crippen molar-refractivity contribution < 1.29 is 23.5 Å². The van der Waals surface area contributed by atoms with Crippen LogP contribution in [-0.2, 0) is 19.1 Å².